The molecule has 0 saturated carbocycles. The Bertz CT molecular complexity index is 1520. The van der Waals surface area contributed by atoms with E-state index in [9.17, 15) is 23.1 Å². The van der Waals surface area contributed by atoms with Gasteiger partial charge in [0.05, 0.1) is 24.2 Å². The molecule has 42 heavy (non-hydrogen) atoms. The predicted molar refractivity (Wildman–Crippen MR) is 161 cm³/mol. The monoisotopic (exact) mass is 594 g/mol. The van der Waals surface area contributed by atoms with Crippen LogP contribution in [0, 0.1) is 0 Å². The van der Waals surface area contributed by atoms with Crippen LogP contribution < -0.4 is 20.7 Å². The van der Waals surface area contributed by atoms with Gasteiger partial charge in [-0.3, -0.25) is 9.59 Å². The van der Waals surface area contributed by atoms with E-state index in [1.807, 2.05) is 50.2 Å². The van der Waals surface area contributed by atoms with Crippen molar-refractivity contribution in [2.24, 2.45) is 5.14 Å². The normalized spacial score (nSPS) is 16.5. The smallest absolute Gasteiger partial charge is 0.249 e. The number of anilines is 1. The fourth-order valence-electron chi connectivity index (χ4n) is 5.11. The molecule has 1 aliphatic heterocycles. The first kappa shape index (κ1) is 31.3. The van der Waals surface area contributed by atoms with Crippen LogP contribution in [-0.4, -0.2) is 61.3 Å². The maximum absolute atomic E-state index is 13.9. The number of aryl methyl sites for hydroxylation is 1. The average Bonchev–Trinajstić information content (AvgIpc) is 3.08. The standard InChI is InChI=1S/C31H38N4O6S/c1-31(2,33-18-24(37)20-36)17-29(38)34-26-16-15-23-7-3-5-9-27(23)35(30(26)39)19-21-11-13-22(14-12-21)25-8-4-6-10-28(25)42(32,40)41/h3-14,24,26,33,36-37H,15-20H2,1-2H3,(H,34,38)(H2,32,40,41)/t24-,26+/m0/s1. The van der Waals surface area contributed by atoms with Gasteiger partial charge in [-0.1, -0.05) is 60.7 Å². The van der Waals surface area contributed by atoms with E-state index in [2.05, 4.69) is 10.6 Å². The number of carbonyl (C=O) groups is 2. The molecule has 6 N–H and O–H groups in total. The molecule has 0 aromatic heterocycles. The van der Waals surface area contributed by atoms with Crippen LogP contribution in [0.15, 0.2) is 77.7 Å². The summed E-state index contributed by atoms with van der Waals surface area (Å²) in [5.41, 5.74) is 3.12. The first-order valence-corrected chi connectivity index (χ1v) is 15.4. The number of sulfonamides is 1. The number of para-hydroxylation sites is 1. The second kappa shape index (κ2) is 13.1. The Balaban J connectivity index is 1.53. The Morgan fingerprint density at radius 2 is 1.74 bits per heavy atom. The van der Waals surface area contributed by atoms with Crippen molar-refractivity contribution in [3.8, 4) is 11.1 Å². The maximum atomic E-state index is 13.9. The quantitative estimate of drug-likeness (QED) is 0.227. The van der Waals surface area contributed by atoms with E-state index in [4.69, 9.17) is 10.2 Å². The minimum Gasteiger partial charge on any atom is -0.394 e. The number of carbonyl (C=O) groups excluding carboxylic acids is 2. The van der Waals surface area contributed by atoms with Crippen LogP contribution in [0.3, 0.4) is 0 Å². The third-order valence-electron chi connectivity index (χ3n) is 7.31. The third kappa shape index (κ3) is 7.81. The van der Waals surface area contributed by atoms with Crippen molar-refractivity contribution in [3.63, 3.8) is 0 Å². The first-order chi connectivity index (χ1) is 19.9. The summed E-state index contributed by atoms with van der Waals surface area (Å²) in [4.78, 5) is 28.6. The van der Waals surface area contributed by atoms with E-state index >= 15 is 0 Å². The summed E-state index contributed by atoms with van der Waals surface area (Å²) in [7, 11) is -3.91. The molecule has 4 rings (SSSR count). The number of nitrogens with two attached hydrogens (primary N) is 1. The number of nitrogens with zero attached hydrogens (tertiary/aromatic N) is 1. The predicted octanol–water partition coefficient (Wildman–Crippen LogP) is 2.08. The number of β-amino-alcohol motifs (C(OH)–C–C–N with tert-alkyl or cyclic N) is 1. The second-order valence-corrected chi connectivity index (χ2v) is 12.8. The lowest BCUT2D eigenvalue weighted by Crippen LogP contribution is -2.51. The summed E-state index contributed by atoms with van der Waals surface area (Å²) in [6, 6.07) is 20.8. The second-order valence-electron chi connectivity index (χ2n) is 11.2. The maximum Gasteiger partial charge on any atom is 0.249 e. The number of nitrogens with one attached hydrogen (secondary N) is 2. The number of primary sulfonamides is 1. The van der Waals surface area contributed by atoms with E-state index in [1.54, 1.807) is 35.2 Å². The molecule has 2 atom stereocenters. The number of hydrogen-bond acceptors (Lipinski definition) is 7. The van der Waals surface area contributed by atoms with Gasteiger partial charge in [-0.25, -0.2) is 13.6 Å². The number of aliphatic hydroxyl groups is 2. The molecule has 0 saturated heterocycles. The molecule has 1 aliphatic rings. The summed E-state index contributed by atoms with van der Waals surface area (Å²) in [5.74, 6) is -0.522. The highest BCUT2D eigenvalue weighted by Crippen LogP contribution is 2.30. The Morgan fingerprint density at radius 3 is 2.43 bits per heavy atom. The summed E-state index contributed by atoms with van der Waals surface area (Å²) in [6.07, 6.45) is 0.194. The van der Waals surface area contributed by atoms with Crippen molar-refractivity contribution in [2.45, 2.75) is 62.2 Å². The molecule has 11 heteroatoms. The van der Waals surface area contributed by atoms with E-state index < -0.39 is 27.7 Å². The number of benzene rings is 3. The highest BCUT2D eigenvalue weighted by atomic mass is 32.2. The molecule has 0 fully saturated rings. The van der Waals surface area contributed by atoms with Crippen molar-refractivity contribution >= 4 is 27.5 Å². The molecule has 0 spiro atoms. The summed E-state index contributed by atoms with van der Waals surface area (Å²) in [5, 5.41) is 30.1. The number of rotatable bonds is 11. The summed E-state index contributed by atoms with van der Waals surface area (Å²) in [6.45, 7) is 3.64. The van der Waals surface area contributed by atoms with Crippen molar-refractivity contribution in [1.82, 2.24) is 10.6 Å². The van der Waals surface area contributed by atoms with Gasteiger partial charge in [0, 0.05) is 29.8 Å². The highest BCUT2D eigenvalue weighted by Gasteiger charge is 2.33. The Labute approximate surface area is 246 Å². The molecule has 10 nitrogen and oxygen atoms in total. The van der Waals surface area contributed by atoms with Gasteiger partial charge in [0.2, 0.25) is 21.8 Å². The number of hydrogen-bond donors (Lipinski definition) is 5. The zero-order valence-electron chi connectivity index (χ0n) is 23.8. The number of amides is 2. The van der Waals surface area contributed by atoms with Crippen LogP contribution in [0.2, 0.25) is 0 Å². The zero-order chi connectivity index (χ0) is 30.5. The molecule has 1 heterocycles. The van der Waals surface area contributed by atoms with Gasteiger partial charge in [-0.2, -0.15) is 0 Å². The Kier molecular flexibility index (Phi) is 9.80. The molecule has 0 bridgehead atoms. The summed E-state index contributed by atoms with van der Waals surface area (Å²) < 4.78 is 24.2. The van der Waals surface area contributed by atoms with Gasteiger partial charge >= 0.3 is 0 Å². The molecule has 3 aromatic rings. The van der Waals surface area contributed by atoms with Crippen LogP contribution in [-0.2, 0) is 32.6 Å². The lowest BCUT2D eigenvalue weighted by molar-refractivity contribution is -0.128. The molecule has 224 valence electrons. The Morgan fingerprint density at radius 1 is 1.07 bits per heavy atom. The fourth-order valence-corrected chi connectivity index (χ4v) is 5.87. The van der Waals surface area contributed by atoms with Gasteiger partial charge in [-0.15, -0.1) is 0 Å². The van der Waals surface area contributed by atoms with E-state index in [1.165, 1.54) is 6.07 Å². The van der Waals surface area contributed by atoms with Crippen LogP contribution in [0.5, 0.6) is 0 Å². The molecule has 0 unspecified atom stereocenters. The third-order valence-corrected chi connectivity index (χ3v) is 8.28. The lowest BCUT2D eigenvalue weighted by Gasteiger charge is -2.29. The molecule has 0 aliphatic carbocycles. The molecule has 2 amide bonds. The van der Waals surface area contributed by atoms with Crippen LogP contribution >= 0.6 is 0 Å². The number of aliphatic hydroxyl groups excluding tert-OH is 2. The SMILES string of the molecule is CC(C)(CC(=O)N[C@@H]1CCc2ccccc2N(Cc2ccc(-c3ccccc3S(N)(=O)=O)cc2)C1=O)NC[C@H](O)CO. The minimum atomic E-state index is -3.91. The van der Waals surface area contributed by atoms with Crippen molar-refractivity contribution < 1.29 is 28.2 Å². The largest absolute Gasteiger partial charge is 0.394 e. The van der Waals surface area contributed by atoms with Gasteiger partial charge in [0.15, 0.2) is 0 Å². The van der Waals surface area contributed by atoms with Crippen LogP contribution in [0.1, 0.15) is 37.8 Å². The molecule has 3 aromatic carbocycles. The van der Waals surface area contributed by atoms with Crippen molar-refractivity contribution in [3.05, 3.63) is 83.9 Å². The molecule has 0 radical (unpaired) electrons. The molecular formula is C31H38N4O6S. The topological polar surface area (TPSA) is 162 Å². The highest BCUT2D eigenvalue weighted by molar-refractivity contribution is 7.89. The fraction of sp³-hybridized carbons (Fsp3) is 0.355. The van der Waals surface area contributed by atoms with E-state index in [0.29, 0.717) is 24.0 Å². The van der Waals surface area contributed by atoms with Crippen LogP contribution in [0.25, 0.3) is 11.1 Å². The summed E-state index contributed by atoms with van der Waals surface area (Å²) >= 11 is 0. The van der Waals surface area contributed by atoms with Gasteiger partial charge in [0.25, 0.3) is 0 Å². The van der Waals surface area contributed by atoms with E-state index in [-0.39, 0.29) is 42.8 Å². The van der Waals surface area contributed by atoms with Gasteiger partial charge < -0.3 is 25.7 Å². The Hall–Kier alpha value is -3.61. The van der Waals surface area contributed by atoms with E-state index in [0.717, 1.165) is 16.8 Å². The average molecular weight is 595 g/mol. The zero-order valence-corrected chi connectivity index (χ0v) is 24.6. The molecular weight excluding hydrogens is 556 g/mol. The lowest BCUT2D eigenvalue weighted by atomic mass is 9.99. The van der Waals surface area contributed by atoms with Gasteiger partial charge in [0.1, 0.15) is 6.04 Å². The van der Waals surface area contributed by atoms with Crippen molar-refractivity contribution in [1.29, 1.82) is 0 Å². The van der Waals surface area contributed by atoms with Crippen molar-refractivity contribution in [2.75, 3.05) is 18.1 Å². The first-order valence-electron chi connectivity index (χ1n) is 13.8. The number of fused-ring (bicyclic) bond motifs is 1. The van der Waals surface area contributed by atoms with Gasteiger partial charge in [-0.05, 0) is 55.5 Å². The minimum absolute atomic E-state index is 0.0379. The van der Waals surface area contributed by atoms with Crippen LogP contribution in [0.4, 0.5) is 5.69 Å².